The van der Waals surface area contributed by atoms with Crippen LogP contribution in [0.2, 0.25) is 0 Å². The zero-order valence-corrected chi connectivity index (χ0v) is 13.5. The van der Waals surface area contributed by atoms with E-state index in [0.29, 0.717) is 0 Å². The number of piperidine rings is 1. The van der Waals surface area contributed by atoms with Crippen LogP contribution in [0.15, 0.2) is 24.3 Å². The van der Waals surface area contributed by atoms with E-state index in [-0.39, 0.29) is 0 Å². The van der Waals surface area contributed by atoms with Crippen LogP contribution < -0.4 is 10.2 Å². The number of hydrogen-bond acceptors (Lipinski definition) is 2. The molecule has 0 radical (unpaired) electrons. The standard InChI is InChI=1S/C19H30N2/c1-16-6-5-13-21(15-16)19-11-9-18(10-12-19)20-14-17-7-3-2-4-8-17/h9-12,16-17,20H,2-8,13-15H2,1H3. The van der Waals surface area contributed by atoms with E-state index in [4.69, 9.17) is 0 Å². The molecule has 21 heavy (non-hydrogen) atoms. The first-order valence-corrected chi connectivity index (χ1v) is 8.90. The molecule has 1 atom stereocenters. The summed E-state index contributed by atoms with van der Waals surface area (Å²) in [7, 11) is 0. The second kappa shape index (κ2) is 7.20. The largest absolute Gasteiger partial charge is 0.385 e. The predicted octanol–water partition coefficient (Wildman–Crippen LogP) is 4.92. The van der Waals surface area contributed by atoms with Crippen molar-refractivity contribution in [2.24, 2.45) is 11.8 Å². The summed E-state index contributed by atoms with van der Waals surface area (Å²) in [4.78, 5) is 2.54. The second-order valence-electron chi connectivity index (χ2n) is 7.13. The van der Waals surface area contributed by atoms with Crippen molar-refractivity contribution in [3.8, 4) is 0 Å². The fourth-order valence-corrected chi connectivity index (χ4v) is 3.87. The van der Waals surface area contributed by atoms with Crippen LogP contribution in [-0.4, -0.2) is 19.6 Å². The van der Waals surface area contributed by atoms with Gasteiger partial charge in [-0.25, -0.2) is 0 Å². The lowest BCUT2D eigenvalue weighted by atomic mass is 9.89. The molecule has 1 heterocycles. The van der Waals surface area contributed by atoms with Crippen LogP contribution in [0.4, 0.5) is 11.4 Å². The molecule has 1 aliphatic heterocycles. The first-order valence-electron chi connectivity index (χ1n) is 8.90. The van der Waals surface area contributed by atoms with Crippen molar-refractivity contribution in [3.63, 3.8) is 0 Å². The molecule has 1 saturated carbocycles. The molecule has 1 aromatic carbocycles. The highest BCUT2D eigenvalue weighted by atomic mass is 15.1. The van der Waals surface area contributed by atoms with Gasteiger partial charge in [-0.1, -0.05) is 26.2 Å². The van der Waals surface area contributed by atoms with Crippen LogP contribution >= 0.6 is 0 Å². The van der Waals surface area contributed by atoms with E-state index in [1.54, 1.807) is 0 Å². The van der Waals surface area contributed by atoms with Crippen molar-refractivity contribution in [2.45, 2.75) is 51.9 Å². The third-order valence-corrected chi connectivity index (χ3v) is 5.21. The molecule has 1 aromatic rings. The molecule has 0 aromatic heterocycles. The molecule has 0 spiro atoms. The summed E-state index contributed by atoms with van der Waals surface area (Å²) in [6, 6.07) is 9.11. The van der Waals surface area contributed by atoms with Crippen molar-refractivity contribution in [2.75, 3.05) is 29.9 Å². The van der Waals surface area contributed by atoms with Crippen molar-refractivity contribution < 1.29 is 0 Å². The Morgan fingerprint density at radius 2 is 1.76 bits per heavy atom. The van der Waals surface area contributed by atoms with Crippen LogP contribution in [0.3, 0.4) is 0 Å². The molecule has 2 nitrogen and oxygen atoms in total. The van der Waals surface area contributed by atoms with E-state index in [0.717, 1.165) is 18.4 Å². The van der Waals surface area contributed by atoms with Gasteiger partial charge in [0.2, 0.25) is 0 Å². The van der Waals surface area contributed by atoms with E-state index in [2.05, 4.69) is 41.4 Å². The number of hydrogen-bond donors (Lipinski definition) is 1. The maximum Gasteiger partial charge on any atom is 0.0367 e. The van der Waals surface area contributed by atoms with Crippen LogP contribution in [0.5, 0.6) is 0 Å². The molecule has 1 N–H and O–H groups in total. The number of anilines is 2. The highest BCUT2D eigenvalue weighted by Crippen LogP contribution is 2.26. The molecule has 3 rings (SSSR count). The van der Waals surface area contributed by atoms with E-state index in [9.17, 15) is 0 Å². The van der Waals surface area contributed by atoms with Crippen LogP contribution in [0, 0.1) is 11.8 Å². The Labute approximate surface area is 129 Å². The molecule has 1 aliphatic carbocycles. The van der Waals surface area contributed by atoms with Crippen molar-refractivity contribution in [1.29, 1.82) is 0 Å². The third kappa shape index (κ3) is 4.15. The van der Waals surface area contributed by atoms with Gasteiger partial charge in [-0.2, -0.15) is 0 Å². The molecule has 2 heteroatoms. The van der Waals surface area contributed by atoms with E-state index >= 15 is 0 Å². The summed E-state index contributed by atoms with van der Waals surface area (Å²) >= 11 is 0. The number of rotatable bonds is 4. The van der Waals surface area contributed by atoms with Gasteiger partial charge in [-0.3, -0.25) is 0 Å². The minimum atomic E-state index is 0.836. The highest BCUT2D eigenvalue weighted by Gasteiger charge is 2.16. The lowest BCUT2D eigenvalue weighted by Gasteiger charge is -2.33. The van der Waals surface area contributed by atoms with Crippen LogP contribution in [0.25, 0.3) is 0 Å². The molecule has 1 unspecified atom stereocenters. The average Bonchev–Trinajstić information content (AvgIpc) is 2.54. The Morgan fingerprint density at radius 1 is 1.00 bits per heavy atom. The SMILES string of the molecule is CC1CCCN(c2ccc(NCC3CCCCC3)cc2)C1. The highest BCUT2D eigenvalue weighted by molar-refractivity contribution is 5.55. The molecule has 2 fully saturated rings. The maximum absolute atomic E-state index is 3.63. The summed E-state index contributed by atoms with van der Waals surface area (Å²) < 4.78 is 0. The quantitative estimate of drug-likeness (QED) is 0.845. The van der Waals surface area contributed by atoms with Gasteiger partial charge in [-0.15, -0.1) is 0 Å². The molecule has 0 bridgehead atoms. The fraction of sp³-hybridized carbons (Fsp3) is 0.684. The normalized spacial score (nSPS) is 24.0. The van der Waals surface area contributed by atoms with Gasteiger partial charge in [0.15, 0.2) is 0 Å². The lowest BCUT2D eigenvalue weighted by molar-refractivity contribution is 0.373. The molecule has 1 saturated heterocycles. The molecular weight excluding hydrogens is 256 g/mol. The van der Waals surface area contributed by atoms with Crippen LogP contribution in [-0.2, 0) is 0 Å². The average molecular weight is 286 g/mol. The lowest BCUT2D eigenvalue weighted by Crippen LogP contribution is -2.34. The van der Waals surface area contributed by atoms with Gasteiger partial charge in [0, 0.05) is 31.0 Å². The molecule has 0 amide bonds. The third-order valence-electron chi connectivity index (χ3n) is 5.21. The van der Waals surface area contributed by atoms with Gasteiger partial charge in [-0.05, 0) is 61.8 Å². The maximum atomic E-state index is 3.63. The summed E-state index contributed by atoms with van der Waals surface area (Å²) in [6.07, 6.45) is 9.85. The summed E-state index contributed by atoms with van der Waals surface area (Å²) in [6.45, 7) is 5.96. The molecular formula is C19H30N2. The summed E-state index contributed by atoms with van der Waals surface area (Å²) in [5.74, 6) is 1.73. The first-order chi connectivity index (χ1) is 10.3. The van der Waals surface area contributed by atoms with Crippen LogP contribution in [0.1, 0.15) is 51.9 Å². The number of benzene rings is 1. The van der Waals surface area contributed by atoms with Crippen molar-refractivity contribution in [1.82, 2.24) is 0 Å². The topological polar surface area (TPSA) is 15.3 Å². The van der Waals surface area contributed by atoms with Gasteiger partial charge >= 0.3 is 0 Å². The minimum absolute atomic E-state index is 0.836. The summed E-state index contributed by atoms with van der Waals surface area (Å²) in [5, 5.41) is 3.63. The monoisotopic (exact) mass is 286 g/mol. The molecule has 2 aliphatic rings. The Balaban J connectivity index is 1.51. The zero-order chi connectivity index (χ0) is 14.5. The van der Waals surface area contributed by atoms with E-state index in [1.165, 1.54) is 69.4 Å². The zero-order valence-electron chi connectivity index (χ0n) is 13.5. The summed E-state index contributed by atoms with van der Waals surface area (Å²) in [5.41, 5.74) is 2.68. The molecule has 116 valence electrons. The Bertz CT molecular complexity index is 420. The van der Waals surface area contributed by atoms with Gasteiger partial charge in [0.1, 0.15) is 0 Å². The first kappa shape index (κ1) is 14.7. The van der Waals surface area contributed by atoms with E-state index < -0.39 is 0 Å². The second-order valence-corrected chi connectivity index (χ2v) is 7.13. The van der Waals surface area contributed by atoms with Crippen molar-refractivity contribution in [3.05, 3.63) is 24.3 Å². The Kier molecular flexibility index (Phi) is 5.05. The number of nitrogens with zero attached hydrogens (tertiary/aromatic N) is 1. The van der Waals surface area contributed by atoms with Crippen molar-refractivity contribution >= 4 is 11.4 Å². The smallest absolute Gasteiger partial charge is 0.0367 e. The fourth-order valence-electron chi connectivity index (χ4n) is 3.87. The van der Waals surface area contributed by atoms with Gasteiger partial charge < -0.3 is 10.2 Å². The van der Waals surface area contributed by atoms with E-state index in [1.807, 2.05) is 0 Å². The van der Waals surface area contributed by atoms with Gasteiger partial charge in [0.05, 0.1) is 0 Å². The minimum Gasteiger partial charge on any atom is -0.385 e. The number of nitrogens with one attached hydrogen (secondary N) is 1. The Hall–Kier alpha value is -1.18. The predicted molar refractivity (Wildman–Crippen MR) is 92.1 cm³/mol. The Morgan fingerprint density at radius 3 is 2.48 bits per heavy atom. The van der Waals surface area contributed by atoms with Gasteiger partial charge in [0.25, 0.3) is 0 Å².